The van der Waals surface area contributed by atoms with Gasteiger partial charge < -0.3 is 20.1 Å². The number of hydrogen-bond donors (Lipinski definition) is 2. The summed E-state index contributed by atoms with van der Waals surface area (Å²) in [5, 5.41) is 0. The first-order valence-corrected chi connectivity index (χ1v) is 30.2. The van der Waals surface area contributed by atoms with Crippen LogP contribution in [0.25, 0.3) is 0 Å². The molecule has 0 fully saturated rings. The second-order valence-electron chi connectivity index (χ2n) is 18.8. The van der Waals surface area contributed by atoms with E-state index in [-0.39, 0.29) is 32.6 Å². The van der Waals surface area contributed by atoms with E-state index in [2.05, 4.69) is 111 Å². The number of nitrogens with two attached hydrogens (primary N) is 1. The molecule has 0 aliphatic carbocycles. The quantitative estimate of drug-likeness (QED) is 0.0264. The molecular weight excluding hydrogens is 906 g/mol. The number of phosphoric ester groups is 1. The molecule has 3 N–H and O–H groups in total. The van der Waals surface area contributed by atoms with Crippen molar-refractivity contribution in [1.29, 1.82) is 0 Å². The molecule has 71 heavy (non-hydrogen) atoms. The number of ether oxygens (including phenoxy) is 2. The fraction of sp³-hybridized carbons (Fsp3) is 0.705. The largest absolute Gasteiger partial charge is 0.472 e. The number of rotatable bonds is 53. The van der Waals surface area contributed by atoms with Crippen LogP contribution in [0.1, 0.15) is 245 Å². The first-order valence-electron chi connectivity index (χ1n) is 28.7. The van der Waals surface area contributed by atoms with Gasteiger partial charge in [0.15, 0.2) is 6.10 Å². The molecule has 0 saturated heterocycles. The minimum atomic E-state index is -4.40. The Balaban J connectivity index is 4.01. The van der Waals surface area contributed by atoms with Gasteiger partial charge in [0.1, 0.15) is 6.61 Å². The molecule has 0 amide bonds. The topological polar surface area (TPSA) is 134 Å². The van der Waals surface area contributed by atoms with Crippen molar-refractivity contribution in [3.8, 4) is 0 Å². The van der Waals surface area contributed by atoms with Crippen LogP contribution in [-0.2, 0) is 32.7 Å². The SMILES string of the molecule is CC/C=C\C/C=C\C/C=C\C/C=C\C/C=C\CCCCCCCCCCCCCCCC(=O)OC(COC(=O)CCCCCCCC/C=C\C/C=C\C/C=C\CCCCCCC)COP(=O)(O)OCCN. The number of carbonyl (C=O) groups is 2. The maximum Gasteiger partial charge on any atom is 0.472 e. The summed E-state index contributed by atoms with van der Waals surface area (Å²) < 4.78 is 33.0. The van der Waals surface area contributed by atoms with Crippen molar-refractivity contribution in [3.05, 3.63) is 97.2 Å². The van der Waals surface area contributed by atoms with E-state index in [1.54, 1.807) is 0 Å². The summed E-state index contributed by atoms with van der Waals surface area (Å²) in [7, 11) is -4.40. The van der Waals surface area contributed by atoms with Crippen LogP contribution in [0.3, 0.4) is 0 Å². The molecule has 2 unspecified atom stereocenters. The standard InChI is InChI=1S/C61H106NO8P/c1-3-5-7-9-11-13-15-17-19-21-23-25-26-27-28-29-30-31-32-34-36-38-40-42-44-46-48-50-52-54-61(64)70-59(58-69-71(65,66)68-56-55-62)57-67-60(63)53-51-49-47-45-43-41-39-37-35-33-24-22-20-18-16-14-12-10-8-6-4-2/h5,7,11,13,16-19,22-25,27-28,35,37,59H,3-4,6,8-10,12,14-15,20-21,26,29-34,36,38-58,62H2,1-2H3,(H,65,66)/b7-5-,13-11-,18-16-,19-17-,24-22-,25-23-,28-27-,37-35-. The monoisotopic (exact) mass is 1010 g/mol. The lowest BCUT2D eigenvalue weighted by molar-refractivity contribution is -0.161. The number of esters is 2. The normalized spacial score (nSPS) is 13.8. The molecule has 0 aromatic carbocycles. The molecule has 0 radical (unpaired) electrons. The van der Waals surface area contributed by atoms with E-state index in [1.165, 1.54) is 116 Å². The number of phosphoric acid groups is 1. The lowest BCUT2D eigenvalue weighted by Gasteiger charge is -2.19. The highest BCUT2D eigenvalue weighted by atomic mass is 31.2. The minimum Gasteiger partial charge on any atom is -0.462 e. The Labute approximate surface area is 436 Å². The molecule has 9 nitrogen and oxygen atoms in total. The van der Waals surface area contributed by atoms with Gasteiger partial charge in [-0.05, 0) is 96.3 Å². The summed E-state index contributed by atoms with van der Waals surface area (Å²) in [6.07, 6.45) is 74.5. The summed E-state index contributed by atoms with van der Waals surface area (Å²) in [6, 6.07) is 0. The third kappa shape index (κ3) is 56.1. The highest BCUT2D eigenvalue weighted by Crippen LogP contribution is 2.43. The molecule has 10 heteroatoms. The lowest BCUT2D eigenvalue weighted by atomic mass is 10.0. The van der Waals surface area contributed by atoms with Crippen LogP contribution in [0, 0.1) is 0 Å². The molecule has 2 atom stereocenters. The number of hydrogen-bond acceptors (Lipinski definition) is 8. The van der Waals surface area contributed by atoms with Crippen molar-refractivity contribution in [2.75, 3.05) is 26.4 Å². The highest BCUT2D eigenvalue weighted by molar-refractivity contribution is 7.47. The molecule has 0 heterocycles. The fourth-order valence-electron chi connectivity index (χ4n) is 7.73. The van der Waals surface area contributed by atoms with Gasteiger partial charge in [0.2, 0.25) is 0 Å². The Morgan fingerprint density at radius 2 is 0.775 bits per heavy atom. The van der Waals surface area contributed by atoms with Crippen LogP contribution in [-0.4, -0.2) is 49.3 Å². The van der Waals surface area contributed by atoms with E-state index in [4.69, 9.17) is 24.3 Å². The average molecular weight is 1010 g/mol. The molecule has 0 aromatic rings. The molecule has 0 spiro atoms. The van der Waals surface area contributed by atoms with E-state index >= 15 is 0 Å². The Bertz CT molecular complexity index is 1480. The minimum absolute atomic E-state index is 0.0472. The number of unbranched alkanes of at least 4 members (excludes halogenated alkanes) is 24. The van der Waals surface area contributed by atoms with E-state index in [0.29, 0.717) is 12.8 Å². The zero-order chi connectivity index (χ0) is 51.7. The molecule has 0 aromatic heterocycles. The first-order chi connectivity index (χ1) is 34.8. The summed E-state index contributed by atoms with van der Waals surface area (Å²) in [4.78, 5) is 35.2. The second kappa shape index (κ2) is 56.2. The molecule has 408 valence electrons. The molecular formula is C61H106NO8P. The molecule has 0 saturated carbocycles. The molecule has 0 bridgehead atoms. The Hall–Kier alpha value is -3.07. The third-order valence-corrected chi connectivity index (χ3v) is 12.9. The summed E-state index contributed by atoms with van der Waals surface area (Å²) in [6.45, 7) is 3.61. The summed E-state index contributed by atoms with van der Waals surface area (Å²) in [5.41, 5.74) is 5.38. The average Bonchev–Trinajstić information content (AvgIpc) is 3.36. The van der Waals surface area contributed by atoms with Gasteiger partial charge in [-0.3, -0.25) is 18.6 Å². The zero-order valence-electron chi connectivity index (χ0n) is 45.4. The molecule has 0 aliphatic heterocycles. The van der Waals surface area contributed by atoms with Gasteiger partial charge in [0, 0.05) is 19.4 Å². The van der Waals surface area contributed by atoms with Gasteiger partial charge >= 0.3 is 19.8 Å². The van der Waals surface area contributed by atoms with Crippen LogP contribution in [0.5, 0.6) is 0 Å². The van der Waals surface area contributed by atoms with Gasteiger partial charge in [0.25, 0.3) is 0 Å². The van der Waals surface area contributed by atoms with Crippen molar-refractivity contribution in [1.82, 2.24) is 0 Å². The highest BCUT2D eigenvalue weighted by Gasteiger charge is 2.26. The molecule has 0 rings (SSSR count). The second-order valence-corrected chi connectivity index (χ2v) is 20.2. The summed E-state index contributed by atoms with van der Waals surface area (Å²) in [5.74, 6) is -0.844. The lowest BCUT2D eigenvalue weighted by Crippen LogP contribution is -2.29. The Kier molecular flexibility index (Phi) is 53.8. The van der Waals surface area contributed by atoms with Crippen molar-refractivity contribution >= 4 is 19.8 Å². The maximum atomic E-state index is 12.7. The zero-order valence-corrected chi connectivity index (χ0v) is 46.3. The van der Waals surface area contributed by atoms with E-state index in [0.717, 1.165) is 89.9 Å². The van der Waals surface area contributed by atoms with Crippen LogP contribution >= 0.6 is 7.82 Å². The number of allylic oxidation sites excluding steroid dienone is 16. The van der Waals surface area contributed by atoms with Crippen molar-refractivity contribution in [2.24, 2.45) is 5.73 Å². The van der Waals surface area contributed by atoms with Gasteiger partial charge in [0.05, 0.1) is 13.2 Å². The van der Waals surface area contributed by atoms with E-state index in [9.17, 15) is 19.0 Å². The summed E-state index contributed by atoms with van der Waals surface area (Å²) >= 11 is 0. The first kappa shape index (κ1) is 67.9. The number of carbonyl (C=O) groups excluding carboxylic acids is 2. The maximum absolute atomic E-state index is 12.7. The Morgan fingerprint density at radius 1 is 0.437 bits per heavy atom. The predicted molar refractivity (Wildman–Crippen MR) is 302 cm³/mol. The van der Waals surface area contributed by atoms with Crippen LogP contribution in [0.15, 0.2) is 97.2 Å². The smallest absolute Gasteiger partial charge is 0.462 e. The van der Waals surface area contributed by atoms with Crippen LogP contribution in [0.2, 0.25) is 0 Å². The Morgan fingerprint density at radius 3 is 1.15 bits per heavy atom. The van der Waals surface area contributed by atoms with E-state index in [1.807, 2.05) is 0 Å². The van der Waals surface area contributed by atoms with Gasteiger partial charge in [-0.2, -0.15) is 0 Å². The van der Waals surface area contributed by atoms with Crippen molar-refractivity contribution < 1.29 is 37.6 Å². The van der Waals surface area contributed by atoms with Crippen molar-refractivity contribution in [3.63, 3.8) is 0 Å². The van der Waals surface area contributed by atoms with E-state index < -0.39 is 32.5 Å². The third-order valence-electron chi connectivity index (χ3n) is 12.0. The van der Waals surface area contributed by atoms with Gasteiger partial charge in [-0.25, -0.2) is 4.57 Å². The predicted octanol–water partition coefficient (Wildman–Crippen LogP) is 18.1. The molecule has 0 aliphatic rings. The fourth-order valence-corrected chi connectivity index (χ4v) is 8.49. The van der Waals surface area contributed by atoms with Crippen molar-refractivity contribution in [2.45, 2.75) is 251 Å². The van der Waals surface area contributed by atoms with Gasteiger partial charge in [-0.15, -0.1) is 0 Å². The van der Waals surface area contributed by atoms with Crippen LogP contribution in [0.4, 0.5) is 0 Å². The van der Waals surface area contributed by atoms with Crippen LogP contribution < -0.4 is 5.73 Å². The van der Waals surface area contributed by atoms with Gasteiger partial charge in [-0.1, -0.05) is 233 Å².